The van der Waals surface area contributed by atoms with Crippen LogP contribution in [-0.4, -0.2) is 43.0 Å². The summed E-state index contributed by atoms with van der Waals surface area (Å²) in [7, 11) is 2.33. The van der Waals surface area contributed by atoms with Crippen molar-refractivity contribution in [2.45, 2.75) is 52.0 Å². The van der Waals surface area contributed by atoms with Gasteiger partial charge in [-0.05, 0) is 75.2 Å². The van der Waals surface area contributed by atoms with E-state index in [9.17, 15) is 0 Å². The molecule has 128 valence electrons. The Bertz CT molecular complexity index is 488. The Balaban J connectivity index is 1.50. The van der Waals surface area contributed by atoms with Crippen molar-refractivity contribution in [2.24, 2.45) is 11.8 Å². The van der Waals surface area contributed by atoms with Gasteiger partial charge in [0.25, 0.3) is 0 Å². The number of piperidine rings is 1. The van der Waals surface area contributed by atoms with Crippen LogP contribution in [0.3, 0.4) is 0 Å². The zero-order valence-electron chi connectivity index (χ0n) is 15.3. The van der Waals surface area contributed by atoms with Crippen molar-refractivity contribution in [3.05, 3.63) is 35.4 Å². The highest BCUT2D eigenvalue weighted by molar-refractivity contribution is 5.32. The minimum atomic E-state index is 0.633. The molecule has 2 aliphatic rings. The van der Waals surface area contributed by atoms with E-state index in [-0.39, 0.29) is 0 Å². The van der Waals surface area contributed by atoms with Crippen LogP contribution in [0.1, 0.15) is 56.7 Å². The molecule has 1 aromatic carbocycles. The van der Waals surface area contributed by atoms with Gasteiger partial charge in [-0.1, -0.05) is 38.1 Å². The molecule has 2 heteroatoms. The highest BCUT2D eigenvalue weighted by Gasteiger charge is 2.25. The molecule has 1 saturated heterocycles. The van der Waals surface area contributed by atoms with Crippen LogP contribution < -0.4 is 0 Å². The molecule has 1 fully saturated rings. The maximum atomic E-state index is 2.68. The van der Waals surface area contributed by atoms with E-state index in [1.807, 2.05) is 0 Å². The minimum absolute atomic E-state index is 0.633. The Morgan fingerprint density at radius 1 is 1.13 bits per heavy atom. The van der Waals surface area contributed by atoms with E-state index >= 15 is 0 Å². The highest BCUT2D eigenvalue weighted by Crippen LogP contribution is 2.33. The van der Waals surface area contributed by atoms with Crippen LogP contribution in [0, 0.1) is 11.8 Å². The van der Waals surface area contributed by atoms with Gasteiger partial charge in [0, 0.05) is 19.1 Å². The van der Waals surface area contributed by atoms with Crippen molar-refractivity contribution in [3.63, 3.8) is 0 Å². The summed E-state index contributed by atoms with van der Waals surface area (Å²) < 4.78 is 0. The zero-order valence-corrected chi connectivity index (χ0v) is 15.3. The SMILES string of the molecule is CC(C)C1CCN(CCN(C)C2CCCc3ccccc32)CC1. The number of benzene rings is 1. The van der Waals surface area contributed by atoms with Crippen molar-refractivity contribution in [1.29, 1.82) is 0 Å². The fourth-order valence-corrected chi connectivity index (χ4v) is 4.48. The molecule has 1 heterocycles. The third kappa shape index (κ3) is 4.16. The van der Waals surface area contributed by atoms with Gasteiger partial charge in [0.2, 0.25) is 0 Å². The first-order chi connectivity index (χ1) is 11.1. The summed E-state index contributed by atoms with van der Waals surface area (Å²) in [5.74, 6) is 1.81. The monoisotopic (exact) mass is 314 g/mol. The lowest BCUT2D eigenvalue weighted by molar-refractivity contribution is 0.129. The first-order valence-electron chi connectivity index (χ1n) is 9.65. The lowest BCUT2D eigenvalue weighted by atomic mass is 9.86. The molecule has 1 aliphatic carbocycles. The average molecular weight is 315 g/mol. The standard InChI is InChI=1S/C21H34N2/c1-17(2)18-11-13-23(14-12-18)16-15-22(3)21-10-6-8-19-7-4-5-9-20(19)21/h4-5,7,9,17-18,21H,6,8,10-16H2,1-3H3. The number of fused-ring (bicyclic) bond motifs is 1. The van der Waals surface area contributed by atoms with Crippen molar-refractivity contribution >= 4 is 0 Å². The second kappa shape index (κ2) is 7.81. The van der Waals surface area contributed by atoms with Crippen LogP contribution in [0.2, 0.25) is 0 Å². The molecule has 1 aliphatic heterocycles. The van der Waals surface area contributed by atoms with Crippen LogP contribution in [0.5, 0.6) is 0 Å². The number of aryl methyl sites for hydroxylation is 1. The molecule has 0 radical (unpaired) electrons. The molecule has 1 unspecified atom stereocenters. The Morgan fingerprint density at radius 2 is 1.87 bits per heavy atom. The minimum Gasteiger partial charge on any atom is -0.302 e. The van der Waals surface area contributed by atoms with E-state index in [0.717, 1.165) is 11.8 Å². The molecule has 0 N–H and O–H groups in total. The zero-order chi connectivity index (χ0) is 16.2. The van der Waals surface area contributed by atoms with Gasteiger partial charge in [0.05, 0.1) is 0 Å². The first-order valence-corrected chi connectivity index (χ1v) is 9.65. The number of nitrogens with zero attached hydrogens (tertiary/aromatic N) is 2. The van der Waals surface area contributed by atoms with Crippen LogP contribution in [0.25, 0.3) is 0 Å². The molecular weight excluding hydrogens is 280 g/mol. The van der Waals surface area contributed by atoms with Crippen molar-refractivity contribution in [3.8, 4) is 0 Å². The lowest BCUT2D eigenvalue weighted by Crippen LogP contribution is -2.40. The van der Waals surface area contributed by atoms with Gasteiger partial charge in [-0.3, -0.25) is 4.90 Å². The normalized spacial score (nSPS) is 23.4. The summed E-state index contributed by atoms with van der Waals surface area (Å²) in [5, 5.41) is 0. The number of rotatable bonds is 5. The maximum Gasteiger partial charge on any atom is 0.0348 e. The number of hydrogen-bond donors (Lipinski definition) is 0. The van der Waals surface area contributed by atoms with Gasteiger partial charge in [-0.2, -0.15) is 0 Å². The molecule has 0 amide bonds. The first kappa shape index (κ1) is 17.0. The number of likely N-dealkylation sites (N-methyl/N-ethyl adjacent to an activating group) is 1. The van der Waals surface area contributed by atoms with Gasteiger partial charge in [-0.15, -0.1) is 0 Å². The highest BCUT2D eigenvalue weighted by atomic mass is 15.2. The van der Waals surface area contributed by atoms with Crippen molar-refractivity contribution < 1.29 is 0 Å². The van der Waals surface area contributed by atoms with Gasteiger partial charge < -0.3 is 4.90 Å². The second-order valence-corrected chi connectivity index (χ2v) is 8.01. The number of hydrogen-bond acceptors (Lipinski definition) is 2. The fraction of sp³-hybridized carbons (Fsp3) is 0.714. The van der Waals surface area contributed by atoms with E-state index in [1.165, 1.54) is 58.3 Å². The molecule has 0 spiro atoms. The fourth-order valence-electron chi connectivity index (χ4n) is 4.48. The predicted molar refractivity (Wildman–Crippen MR) is 98.8 cm³/mol. The Kier molecular flexibility index (Phi) is 5.76. The molecule has 1 atom stereocenters. The van der Waals surface area contributed by atoms with E-state index in [4.69, 9.17) is 0 Å². The van der Waals surface area contributed by atoms with Gasteiger partial charge in [0.15, 0.2) is 0 Å². The Hall–Kier alpha value is -0.860. The molecule has 23 heavy (non-hydrogen) atoms. The summed E-state index contributed by atoms with van der Waals surface area (Å²) in [5.41, 5.74) is 3.16. The van der Waals surface area contributed by atoms with Crippen LogP contribution in [-0.2, 0) is 6.42 Å². The van der Waals surface area contributed by atoms with Gasteiger partial charge in [0.1, 0.15) is 0 Å². The topological polar surface area (TPSA) is 6.48 Å². The lowest BCUT2D eigenvalue weighted by Gasteiger charge is -2.37. The quantitative estimate of drug-likeness (QED) is 0.796. The third-order valence-corrected chi connectivity index (χ3v) is 6.21. The summed E-state index contributed by atoms with van der Waals surface area (Å²) in [6.45, 7) is 9.81. The Morgan fingerprint density at radius 3 is 2.61 bits per heavy atom. The molecule has 3 rings (SSSR count). The summed E-state index contributed by atoms with van der Waals surface area (Å²) in [6, 6.07) is 9.71. The van der Waals surface area contributed by atoms with E-state index in [1.54, 1.807) is 11.1 Å². The van der Waals surface area contributed by atoms with Crippen LogP contribution >= 0.6 is 0 Å². The largest absolute Gasteiger partial charge is 0.302 e. The smallest absolute Gasteiger partial charge is 0.0348 e. The van der Waals surface area contributed by atoms with E-state index < -0.39 is 0 Å². The maximum absolute atomic E-state index is 2.68. The Labute approximate surface area is 142 Å². The predicted octanol–water partition coefficient (Wildman–Crippen LogP) is 4.36. The molecule has 0 saturated carbocycles. The van der Waals surface area contributed by atoms with Crippen molar-refractivity contribution in [2.75, 3.05) is 33.2 Å². The number of likely N-dealkylation sites (tertiary alicyclic amines) is 1. The van der Waals surface area contributed by atoms with E-state index in [2.05, 4.69) is 55.0 Å². The summed E-state index contributed by atoms with van der Waals surface area (Å²) in [4.78, 5) is 5.29. The van der Waals surface area contributed by atoms with E-state index in [0.29, 0.717) is 6.04 Å². The molecular formula is C21H34N2. The van der Waals surface area contributed by atoms with Crippen LogP contribution in [0.15, 0.2) is 24.3 Å². The summed E-state index contributed by atoms with van der Waals surface area (Å²) in [6.07, 6.45) is 6.72. The molecule has 2 nitrogen and oxygen atoms in total. The second-order valence-electron chi connectivity index (χ2n) is 8.01. The molecule has 1 aromatic rings. The summed E-state index contributed by atoms with van der Waals surface area (Å²) >= 11 is 0. The van der Waals surface area contributed by atoms with Crippen LogP contribution in [0.4, 0.5) is 0 Å². The third-order valence-electron chi connectivity index (χ3n) is 6.21. The molecule has 0 bridgehead atoms. The van der Waals surface area contributed by atoms with Crippen molar-refractivity contribution in [1.82, 2.24) is 9.80 Å². The van der Waals surface area contributed by atoms with Gasteiger partial charge in [-0.25, -0.2) is 0 Å². The van der Waals surface area contributed by atoms with Gasteiger partial charge >= 0.3 is 0 Å². The molecule has 0 aromatic heterocycles. The average Bonchev–Trinajstić information content (AvgIpc) is 2.59.